The molecule has 144 valence electrons. The summed E-state index contributed by atoms with van der Waals surface area (Å²) in [4.78, 5) is 26.4. The lowest BCUT2D eigenvalue weighted by atomic mass is 9.85. The van der Waals surface area contributed by atoms with Crippen LogP contribution in [-0.2, 0) is 4.79 Å². The van der Waals surface area contributed by atoms with Crippen molar-refractivity contribution in [2.24, 2.45) is 5.92 Å². The molecule has 0 bridgehead atoms. The van der Waals surface area contributed by atoms with Crippen molar-refractivity contribution in [3.05, 3.63) is 34.5 Å². The van der Waals surface area contributed by atoms with Gasteiger partial charge >= 0.3 is 5.97 Å². The summed E-state index contributed by atoms with van der Waals surface area (Å²) in [7, 11) is 0. The van der Waals surface area contributed by atoms with Gasteiger partial charge in [0.1, 0.15) is 5.82 Å². The third-order valence-electron chi connectivity index (χ3n) is 5.60. The van der Waals surface area contributed by atoms with Gasteiger partial charge in [-0.3, -0.25) is 14.5 Å². The van der Waals surface area contributed by atoms with E-state index >= 15 is 0 Å². The lowest BCUT2D eigenvalue weighted by molar-refractivity contribution is -0.139. The molecule has 0 spiro atoms. The molecule has 1 amide bonds. The second-order valence-electron chi connectivity index (χ2n) is 7.76. The Morgan fingerprint density at radius 2 is 2.07 bits per heavy atom. The highest BCUT2D eigenvalue weighted by molar-refractivity contribution is 7.21. The van der Waals surface area contributed by atoms with Crippen LogP contribution < -0.4 is 5.32 Å². The van der Waals surface area contributed by atoms with E-state index in [1.807, 2.05) is 6.92 Å². The Hall–Kier alpha value is -1.99. The van der Waals surface area contributed by atoms with Crippen molar-refractivity contribution < 1.29 is 19.1 Å². The third kappa shape index (κ3) is 3.99. The molecule has 2 fully saturated rings. The van der Waals surface area contributed by atoms with E-state index in [9.17, 15) is 14.0 Å². The standard InChI is InChI=1S/C20H23FN2O3S/c1-11-16-5-4-13(21)6-17(16)27-19(11)20(26)22-14-7-15(8-14)23(10-18(24)25)9-12-2-3-12/h4-6,12,14-15H,2-3,7-10H2,1H3,(H,22,26)(H,24,25). The van der Waals surface area contributed by atoms with Gasteiger partial charge in [0.2, 0.25) is 0 Å². The minimum atomic E-state index is -0.795. The van der Waals surface area contributed by atoms with Gasteiger partial charge in [-0.2, -0.15) is 0 Å². The summed E-state index contributed by atoms with van der Waals surface area (Å²) >= 11 is 1.31. The number of carbonyl (C=O) groups is 2. The van der Waals surface area contributed by atoms with Gasteiger partial charge in [0.25, 0.3) is 5.91 Å². The first-order chi connectivity index (χ1) is 12.9. The number of hydrogen-bond donors (Lipinski definition) is 2. The normalized spacial score (nSPS) is 22.0. The number of nitrogens with zero attached hydrogens (tertiary/aromatic N) is 1. The topological polar surface area (TPSA) is 69.6 Å². The van der Waals surface area contributed by atoms with Crippen LogP contribution in [0.2, 0.25) is 0 Å². The van der Waals surface area contributed by atoms with E-state index in [0.29, 0.717) is 10.8 Å². The highest BCUT2D eigenvalue weighted by Gasteiger charge is 2.38. The molecule has 0 atom stereocenters. The van der Waals surface area contributed by atoms with Crippen LogP contribution >= 0.6 is 11.3 Å². The predicted molar refractivity (Wildman–Crippen MR) is 103 cm³/mol. The van der Waals surface area contributed by atoms with Crippen LogP contribution in [0, 0.1) is 18.7 Å². The molecule has 0 unspecified atom stereocenters. The zero-order valence-electron chi connectivity index (χ0n) is 15.2. The molecule has 1 aromatic heterocycles. The molecular weight excluding hydrogens is 367 g/mol. The number of aliphatic carboxylic acids is 1. The van der Waals surface area contributed by atoms with Crippen LogP contribution in [0.5, 0.6) is 0 Å². The van der Waals surface area contributed by atoms with Crippen LogP contribution in [-0.4, -0.2) is 47.1 Å². The third-order valence-corrected chi connectivity index (χ3v) is 6.85. The maximum Gasteiger partial charge on any atom is 0.317 e. The van der Waals surface area contributed by atoms with Gasteiger partial charge < -0.3 is 10.4 Å². The average Bonchev–Trinajstić information content (AvgIpc) is 3.32. The van der Waals surface area contributed by atoms with Crippen molar-refractivity contribution in [1.29, 1.82) is 0 Å². The van der Waals surface area contributed by atoms with Gasteiger partial charge in [-0.05, 0) is 61.6 Å². The number of thiophene rings is 1. The number of carboxylic acids is 1. The van der Waals surface area contributed by atoms with Crippen LogP contribution in [0.3, 0.4) is 0 Å². The van der Waals surface area contributed by atoms with Gasteiger partial charge in [-0.1, -0.05) is 6.07 Å². The molecule has 2 saturated carbocycles. The van der Waals surface area contributed by atoms with Crippen molar-refractivity contribution in [1.82, 2.24) is 10.2 Å². The minimum absolute atomic E-state index is 0.0688. The highest BCUT2D eigenvalue weighted by atomic mass is 32.1. The summed E-state index contributed by atoms with van der Waals surface area (Å²) in [6, 6.07) is 4.89. The summed E-state index contributed by atoms with van der Waals surface area (Å²) in [5.41, 5.74) is 0.879. The molecule has 4 rings (SSSR count). The first kappa shape index (κ1) is 18.4. The first-order valence-corrected chi connectivity index (χ1v) is 10.2. The fourth-order valence-corrected chi connectivity index (χ4v) is 4.96. The number of amides is 1. The molecule has 0 saturated heterocycles. The molecule has 2 aliphatic rings. The van der Waals surface area contributed by atoms with Crippen molar-refractivity contribution in [2.45, 2.75) is 44.7 Å². The number of carbonyl (C=O) groups excluding carboxylic acids is 1. The van der Waals surface area contributed by atoms with E-state index in [-0.39, 0.29) is 30.4 Å². The van der Waals surface area contributed by atoms with Gasteiger partial charge in [0.05, 0.1) is 11.4 Å². The molecule has 5 nitrogen and oxygen atoms in total. The predicted octanol–water partition coefficient (Wildman–Crippen LogP) is 3.41. The molecule has 27 heavy (non-hydrogen) atoms. The lowest BCUT2D eigenvalue weighted by Crippen LogP contribution is -2.55. The lowest BCUT2D eigenvalue weighted by Gasteiger charge is -2.42. The average molecular weight is 390 g/mol. The van der Waals surface area contributed by atoms with E-state index in [4.69, 9.17) is 5.11 Å². The maximum atomic E-state index is 13.4. The van der Waals surface area contributed by atoms with E-state index in [2.05, 4.69) is 10.2 Å². The fraction of sp³-hybridized carbons (Fsp3) is 0.500. The van der Waals surface area contributed by atoms with Crippen molar-refractivity contribution in [3.8, 4) is 0 Å². The smallest absolute Gasteiger partial charge is 0.317 e. The summed E-state index contributed by atoms with van der Waals surface area (Å²) in [5.74, 6) is -0.577. The SMILES string of the molecule is Cc1c(C(=O)NC2CC(N(CC(=O)O)CC3CC3)C2)sc2cc(F)ccc12. The Morgan fingerprint density at radius 3 is 2.74 bits per heavy atom. The van der Waals surface area contributed by atoms with Crippen LogP contribution in [0.4, 0.5) is 4.39 Å². The Labute approximate surface area is 161 Å². The molecule has 2 aromatic rings. The van der Waals surface area contributed by atoms with E-state index in [1.54, 1.807) is 6.07 Å². The summed E-state index contributed by atoms with van der Waals surface area (Å²) in [6.07, 6.45) is 3.94. The van der Waals surface area contributed by atoms with E-state index in [0.717, 1.165) is 35.0 Å². The number of hydrogen-bond acceptors (Lipinski definition) is 4. The van der Waals surface area contributed by atoms with Gasteiger partial charge in [-0.15, -0.1) is 11.3 Å². The monoisotopic (exact) mass is 390 g/mol. The Morgan fingerprint density at radius 1 is 1.33 bits per heavy atom. The summed E-state index contributed by atoms with van der Waals surface area (Å²) in [6.45, 7) is 2.81. The molecule has 7 heteroatoms. The molecule has 0 aliphatic heterocycles. The second kappa shape index (κ2) is 7.20. The number of rotatable bonds is 7. The number of nitrogens with one attached hydrogen (secondary N) is 1. The van der Waals surface area contributed by atoms with Crippen molar-refractivity contribution >= 4 is 33.3 Å². The van der Waals surface area contributed by atoms with Crippen LogP contribution in [0.1, 0.15) is 40.9 Å². The van der Waals surface area contributed by atoms with E-state index < -0.39 is 5.97 Å². The summed E-state index contributed by atoms with van der Waals surface area (Å²) < 4.78 is 14.2. The molecule has 0 radical (unpaired) electrons. The van der Waals surface area contributed by atoms with Crippen molar-refractivity contribution in [2.75, 3.05) is 13.1 Å². The second-order valence-corrected chi connectivity index (χ2v) is 8.81. The molecule has 1 aromatic carbocycles. The number of aryl methyl sites for hydroxylation is 1. The zero-order valence-corrected chi connectivity index (χ0v) is 16.0. The molecule has 2 N–H and O–H groups in total. The molecule has 1 heterocycles. The zero-order chi connectivity index (χ0) is 19.1. The number of fused-ring (bicyclic) bond motifs is 1. The summed E-state index contributed by atoms with van der Waals surface area (Å²) in [5, 5.41) is 13.1. The van der Waals surface area contributed by atoms with Gasteiger partial charge in [0.15, 0.2) is 0 Å². The largest absolute Gasteiger partial charge is 0.480 e. The Balaban J connectivity index is 1.37. The quantitative estimate of drug-likeness (QED) is 0.760. The number of halogens is 1. The number of carboxylic acid groups (broad SMARTS) is 1. The van der Waals surface area contributed by atoms with E-state index in [1.165, 1.54) is 36.3 Å². The Kier molecular flexibility index (Phi) is 4.90. The van der Waals surface area contributed by atoms with Crippen LogP contribution in [0.15, 0.2) is 18.2 Å². The van der Waals surface area contributed by atoms with Crippen LogP contribution in [0.25, 0.3) is 10.1 Å². The fourth-order valence-electron chi connectivity index (χ4n) is 3.82. The minimum Gasteiger partial charge on any atom is -0.480 e. The highest BCUT2D eigenvalue weighted by Crippen LogP contribution is 2.35. The first-order valence-electron chi connectivity index (χ1n) is 9.36. The van der Waals surface area contributed by atoms with Gasteiger partial charge in [0, 0.05) is 23.3 Å². The molecular formula is C20H23FN2O3S. The number of benzene rings is 1. The van der Waals surface area contributed by atoms with Crippen molar-refractivity contribution in [3.63, 3.8) is 0 Å². The van der Waals surface area contributed by atoms with Gasteiger partial charge in [-0.25, -0.2) is 4.39 Å². The maximum absolute atomic E-state index is 13.4. The molecule has 2 aliphatic carbocycles. The Bertz CT molecular complexity index is 887.